The van der Waals surface area contributed by atoms with E-state index in [2.05, 4.69) is 4.72 Å². The highest BCUT2D eigenvalue weighted by molar-refractivity contribution is 7.92. The summed E-state index contributed by atoms with van der Waals surface area (Å²) >= 11 is 0. The number of anilines is 1. The molecule has 3 aromatic carbocycles. The number of ether oxygens (including phenoxy) is 1. The number of aliphatic carboxylic acids is 1. The van der Waals surface area contributed by atoms with Gasteiger partial charge in [-0.3, -0.25) is 9.52 Å². The molecule has 3 aromatic rings. The van der Waals surface area contributed by atoms with Gasteiger partial charge in [0.1, 0.15) is 5.75 Å². The van der Waals surface area contributed by atoms with Gasteiger partial charge in [0.15, 0.2) is 0 Å². The first-order valence-electron chi connectivity index (χ1n) is 11.4. The number of sulfonamides is 1. The van der Waals surface area contributed by atoms with Crippen LogP contribution in [0.15, 0.2) is 83.8 Å². The third-order valence-corrected chi connectivity index (χ3v) is 6.65. The van der Waals surface area contributed by atoms with Gasteiger partial charge in [-0.25, -0.2) is 8.42 Å². The highest BCUT2D eigenvalue weighted by Crippen LogP contribution is 2.33. The molecule has 0 radical (unpaired) electrons. The maximum Gasteiger partial charge on any atom is 0.416 e. The third-order valence-electron chi connectivity index (χ3n) is 5.25. The number of alkyl halides is 3. The van der Waals surface area contributed by atoms with Gasteiger partial charge in [0.2, 0.25) is 0 Å². The molecule has 0 aliphatic rings. The number of benzene rings is 3. The number of nitrogens with one attached hydrogen (secondary N) is 1. The normalized spacial score (nSPS) is 12.0. The third kappa shape index (κ3) is 8.68. The average molecular weight is 534 g/mol. The van der Waals surface area contributed by atoms with Crippen LogP contribution in [-0.4, -0.2) is 26.1 Å². The van der Waals surface area contributed by atoms with Crippen LogP contribution < -0.4 is 9.46 Å². The number of carbonyl (C=O) groups is 1. The van der Waals surface area contributed by atoms with Crippen molar-refractivity contribution in [2.45, 2.75) is 36.8 Å². The smallest absolute Gasteiger partial charge is 0.416 e. The molecule has 0 amide bonds. The van der Waals surface area contributed by atoms with Gasteiger partial charge in [-0.15, -0.1) is 0 Å². The number of carboxylic acids is 1. The van der Waals surface area contributed by atoms with Crippen LogP contribution in [0.2, 0.25) is 0 Å². The maximum atomic E-state index is 13.4. The number of hydrogen-bond donors (Lipinski definition) is 2. The minimum absolute atomic E-state index is 0.0103. The summed E-state index contributed by atoms with van der Waals surface area (Å²) in [6.45, 7) is 0.332. The molecular formula is C27H26F3NO5S. The quantitative estimate of drug-likeness (QED) is 0.263. The first-order valence-corrected chi connectivity index (χ1v) is 12.9. The van der Waals surface area contributed by atoms with Crippen molar-refractivity contribution >= 4 is 27.8 Å². The van der Waals surface area contributed by atoms with Crippen LogP contribution in [-0.2, 0) is 27.4 Å². The van der Waals surface area contributed by atoms with E-state index in [1.807, 2.05) is 0 Å². The molecule has 0 aliphatic carbocycles. The Kier molecular flexibility index (Phi) is 9.35. The molecule has 0 bridgehead atoms. The van der Waals surface area contributed by atoms with Gasteiger partial charge in [0.05, 0.1) is 22.8 Å². The molecule has 0 aliphatic heterocycles. The van der Waals surface area contributed by atoms with Gasteiger partial charge in [-0.05, 0) is 66.8 Å². The lowest BCUT2D eigenvalue weighted by molar-refractivity contribution is -0.138. The Hall–Kier alpha value is -3.79. The van der Waals surface area contributed by atoms with Gasteiger partial charge >= 0.3 is 12.1 Å². The van der Waals surface area contributed by atoms with Crippen LogP contribution in [0.4, 0.5) is 18.9 Å². The Morgan fingerprint density at radius 1 is 1.00 bits per heavy atom. The van der Waals surface area contributed by atoms with Crippen molar-refractivity contribution < 1.29 is 36.2 Å². The van der Waals surface area contributed by atoms with Crippen molar-refractivity contribution in [3.05, 3.63) is 95.6 Å². The summed E-state index contributed by atoms with van der Waals surface area (Å²) < 4.78 is 73.4. The number of allylic oxidation sites excluding steroid dienone is 1. The zero-order valence-electron chi connectivity index (χ0n) is 19.7. The van der Waals surface area contributed by atoms with Gasteiger partial charge in [-0.1, -0.05) is 48.6 Å². The molecule has 0 atom stereocenters. The molecule has 0 saturated carbocycles. The second kappa shape index (κ2) is 12.4. The van der Waals surface area contributed by atoms with Crippen molar-refractivity contribution in [2.24, 2.45) is 0 Å². The van der Waals surface area contributed by atoms with Crippen molar-refractivity contribution in [2.75, 3.05) is 11.3 Å². The summed E-state index contributed by atoms with van der Waals surface area (Å²) in [4.78, 5) is 10.8. The number of para-hydroxylation sites is 1. The number of hydrogen-bond acceptors (Lipinski definition) is 4. The van der Waals surface area contributed by atoms with Gasteiger partial charge < -0.3 is 9.84 Å². The molecular weight excluding hydrogens is 507 g/mol. The molecule has 2 N–H and O–H groups in total. The molecule has 0 aromatic heterocycles. The molecule has 37 heavy (non-hydrogen) atoms. The van der Waals surface area contributed by atoms with Crippen LogP contribution in [0.25, 0.3) is 6.08 Å². The summed E-state index contributed by atoms with van der Waals surface area (Å²) in [6, 6.07) is 17.6. The predicted molar refractivity (Wildman–Crippen MR) is 135 cm³/mol. The fourth-order valence-corrected chi connectivity index (χ4v) is 4.54. The van der Waals surface area contributed by atoms with Gasteiger partial charge in [0, 0.05) is 6.42 Å². The highest BCUT2D eigenvalue weighted by atomic mass is 32.2. The van der Waals surface area contributed by atoms with E-state index < -0.39 is 27.7 Å². The molecule has 6 nitrogen and oxygen atoms in total. The SMILES string of the molecule is O=C(O)CCc1ccccc1OCCC/C=C/c1cc(NS(=O)(=O)c2ccccc2)cc(C(F)(F)F)c1. The molecule has 3 rings (SSSR count). The van der Waals surface area contributed by atoms with Crippen LogP contribution in [0.3, 0.4) is 0 Å². The lowest BCUT2D eigenvalue weighted by Gasteiger charge is -2.13. The van der Waals surface area contributed by atoms with Crippen LogP contribution >= 0.6 is 0 Å². The predicted octanol–water partition coefficient (Wildman–Crippen LogP) is 6.40. The molecule has 0 heterocycles. The second-order valence-corrected chi connectivity index (χ2v) is 9.84. The number of rotatable bonds is 12. The van der Waals surface area contributed by atoms with E-state index in [9.17, 15) is 26.4 Å². The Bertz CT molecular complexity index is 1340. The highest BCUT2D eigenvalue weighted by Gasteiger charge is 2.31. The zero-order chi connectivity index (χ0) is 26.9. The van der Waals surface area contributed by atoms with Gasteiger partial charge in [-0.2, -0.15) is 13.2 Å². The van der Waals surface area contributed by atoms with E-state index in [1.165, 1.54) is 36.4 Å². The maximum absolute atomic E-state index is 13.4. The zero-order valence-corrected chi connectivity index (χ0v) is 20.6. The van der Waals surface area contributed by atoms with Crippen molar-refractivity contribution in [3.63, 3.8) is 0 Å². The number of unbranched alkanes of at least 4 members (excludes halogenated alkanes) is 1. The second-order valence-electron chi connectivity index (χ2n) is 8.15. The first kappa shape index (κ1) is 27.8. The molecule has 196 valence electrons. The molecule has 0 saturated heterocycles. The number of aryl methyl sites for hydroxylation is 1. The fraction of sp³-hybridized carbons (Fsp3) is 0.222. The Labute approximate surface area is 213 Å². The van der Waals surface area contributed by atoms with E-state index in [4.69, 9.17) is 9.84 Å². The number of carboxylic acid groups (broad SMARTS) is 1. The topological polar surface area (TPSA) is 92.7 Å². The Morgan fingerprint density at radius 3 is 2.41 bits per heavy atom. The summed E-state index contributed by atoms with van der Waals surface area (Å²) in [6.07, 6.45) is -0.0740. The summed E-state index contributed by atoms with van der Waals surface area (Å²) in [7, 11) is -4.05. The minimum Gasteiger partial charge on any atom is -0.493 e. The van der Waals surface area contributed by atoms with E-state index in [1.54, 1.807) is 36.4 Å². The molecule has 0 spiro atoms. The van der Waals surface area contributed by atoms with E-state index in [0.29, 0.717) is 31.6 Å². The Morgan fingerprint density at radius 2 is 1.70 bits per heavy atom. The van der Waals surface area contributed by atoms with Crippen LogP contribution in [0.1, 0.15) is 36.0 Å². The molecule has 10 heteroatoms. The van der Waals surface area contributed by atoms with E-state index >= 15 is 0 Å². The van der Waals surface area contributed by atoms with Crippen molar-refractivity contribution in [1.29, 1.82) is 0 Å². The summed E-state index contributed by atoms with van der Waals surface area (Å²) in [5.74, 6) is -0.300. The Balaban J connectivity index is 1.64. The molecule has 0 unspecified atom stereocenters. The lowest BCUT2D eigenvalue weighted by Crippen LogP contribution is -2.14. The number of halogens is 3. The van der Waals surface area contributed by atoms with Crippen molar-refractivity contribution in [1.82, 2.24) is 0 Å². The van der Waals surface area contributed by atoms with Crippen LogP contribution in [0.5, 0.6) is 5.75 Å². The molecule has 0 fully saturated rings. The van der Waals surface area contributed by atoms with E-state index in [0.717, 1.165) is 17.7 Å². The standard InChI is InChI=1S/C27H26F3NO5S/c28-27(29,30)22-17-20(18-23(19-22)31-37(34,35)24-11-4-1-5-12-24)9-3-2-8-16-36-25-13-7-6-10-21(25)14-15-26(32)33/h1,3-7,9-13,17-19,31H,2,8,14-16H2,(H,32,33)/b9-3+. The first-order chi connectivity index (χ1) is 17.5. The van der Waals surface area contributed by atoms with Crippen LogP contribution in [0, 0.1) is 0 Å². The van der Waals surface area contributed by atoms with Gasteiger partial charge in [0.25, 0.3) is 10.0 Å². The largest absolute Gasteiger partial charge is 0.493 e. The summed E-state index contributed by atoms with van der Waals surface area (Å²) in [5, 5.41) is 8.87. The van der Waals surface area contributed by atoms with Crippen molar-refractivity contribution in [3.8, 4) is 5.75 Å². The summed E-state index contributed by atoms with van der Waals surface area (Å²) in [5.41, 5.74) is -0.184. The van der Waals surface area contributed by atoms with E-state index in [-0.39, 0.29) is 22.6 Å². The lowest BCUT2D eigenvalue weighted by atomic mass is 10.1. The minimum atomic E-state index is -4.65. The monoisotopic (exact) mass is 533 g/mol. The average Bonchev–Trinajstić information content (AvgIpc) is 2.85. The fourth-order valence-electron chi connectivity index (χ4n) is 3.48.